The Hall–Kier alpha value is -1.84. The molecule has 0 saturated heterocycles. The van der Waals surface area contributed by atoms with E-state index in [2.05, 4.69) is 20.8 Å². The fourth-order valence-electron chi connectivity index (χ4n) is 1.60. The predicted octanol–water partition coefficient (Wildman–Crippen LogP) is 3.22. The largest absolute Gasteiger partial charge is 0.478 e. The van der Waals surface area contributed by atoms with Gasteiger partial charge in [0, 0.05) is 0 Å². The Labute approximate surface area is 113 Å². The lowest BCUT2D eigenvalue weighted by atomic mass is 9.95. The summed E-state index contributed by atoms with van der Waals surface area (Å²) in [6.07, 6.45) is 0.776. The van der Waals surface area contributed by atoms with Gasteiger partial charge in [-0.3, -0.25) is 0 Å². The van der Waals surface area contributed by atoms with Crippen molar-refractivity contribution < 1.29 is 19.4 Å². The average molecular weight is 264 g/mol. The molecule has 0 aliphatic heterocycles. The van der Waals surface area contributed by atoms with Crippen molar-refractivity contribution in [3.63, 3.8) is 0 Å². The van der Waals surface area contributed by atoms with Crippen LogP contribution in [0, 0.1) is 11.8 Å². The van der Waals surface area contributed by atoms with Crippen LogP contribution in [0.4, 0.5) is 0 Å². The topological polar surface area (TPSA) is 63.6 Å². The Balaban J connectivity index is 2.62. The number of benzene rings is 1. The summed E-state index contributed by atoms with van der Waals surface area (Å²) in [5, 5.41) is 8.99. The third-order valence-electron chi connectivity index (χ3n) is 3.32. The van der Waals surface area contributed by atoms with Gasteiger partial charge >= 0.3 is 11.9 Å². The highest BCUT2D eigenvalue weighted by atomic mass is 16.5. The molecule has 19 heavy (non-hydrogen) atoms. The fraction of sp³-hybridized carbons (Fsp3) is 0.467. The zero-order chi connectivity index (χ0) is 14.4. The number of carboxylic acids is 1. The molecular weight excluding hydrogens is 244 g/mol. The van der Waals surface area contributed by atoms with E-state index in [1.54, 1.807) is 12.1 Å². The van der Waals surface area contributed by atoms with Gasteiger partial charge in [0.2, 0.25) is 0 Å². The number of carbonyl (C=O) groups is 2. The van der Waals surface area contributed by atoms with E-state index in [9.17, 15) is 9.59 Å². The number of esters is 1. The molecule has 0 fully saturated rings. The van der Waals surface area contributed by atoms with Crippen LogP contribution in [0.5, 0.6) is 0 Å². The Morgan fingerprint density at radius 3 is 2.26 bits per heavy atom. The number of ether oxygens (including phenoxy) is 1. The molecule has 0 radical (unpaired) electrons. The van der Waals surface area contributed by atoms with Crippen LogP contribution < -0.4 is 0 Å². The molecule has 1 atom stereocenters. The normalized spacial score (nSPS) is 12.2. The minimum atomic E-state index is -1.12. The number of carbonyl (C=O) groups excluding carboxylic acids is 1. The second-order valence-electron chi connectivity index (χ2n) is 5.00. The van der Waals surface area contributed by atoms with Gasteiger partial charge < -0.3 is 9.84 Å². The molecule has 104 valence electrons. The molecule has 0 heterocycles. The summed E-state index contributed by atoms with van der Waals surface area (Å²) in [4.78, 5) is 22.8. The molecule has 0 saturated carbocycles. The predicted molar refractivity (Wildman–Crippen MR) is 72.3 cm³/mol. The first-order valence-electron chi connectivity index (χ1n) is 6.43. The Kier molecular flexibility index (Phi) is 5.55. The Morgan fingerprint density at radius 2 is 1.74 bits per heavy atom. The van der Waals surface area contributed by atoms with E-state index in [4.69, 9.17) is 9.84 Å². The number of carboxylic acid groups (broad SMARTS) is 1. The van der Waals surface area contributed by atoms with Gasteiger partial charge in [0.15, 0.2) is 0 Å². The molecule has 1 aromatic rings. The molecule has 0 bridgehead atoms. The van der Waals surface area contributed by atoms with E-state index in [1.807, 2.05) is 0 Å². The van der Waals surface area contributed by atoms with Crippen molar-refractivity contribution in [3.8, 4) is 0 Å². The maximum Gasteiger partial charge on any atom is 0.339 e. The summed E-state index contributed by atoms with van der Waals surface area (Å²) in [5.74, 6) is -0.704. The van der Waals surface area contributed by atoms with Crippen LogP contribution >= 0.6 is 0 Å². The Morgan fingerprint density at radius 1 is 1.16 bits per heavy atom. The monoisotopic (exact) mass is 264 g/mol. The van der Waals surface area contributed by atoms with E-state index >= 15 is 0 Å². The molecule has 1 unspecified atom stereocenters. The molecule has 4 nitrogen and oxygen atoms in total. The van der Waals surface area contributed by atoms with Crippen molar-refractivity contribution in [1.29, 1.82) is 0 Å². The molecule has 4 heteroatoms. The second-order valence-corrected chi connectivity index (χ2v) is 5.00. The maximum absolute atomic E-state index is 11.8. The van der Waals surface area contributed by atoms with Crippen LogP contribution in [-0.2, 0) is 4.74 Å². The summed E-state index contributed by atoms with van der Waals surface area (Å²) in [6.45, 7) is 6.65. The van der Waals surface area contributed by atoms with Gasteiger partial charge in [0.05, 0.1) is 17.7 Å². The first kappa shape index (κ1) is 15.2. The first-order valence-corrected chi connectivity index (χ1v) is 6.43. The number of aromatic carboxylic acids is 1. The van der Waals surface area contributed by atoms with E-state index < -0.39 is 11.9 Å². The number of rotatable bonds is 6. The molecule has 1 rings (SSSR count). The second kappa shape index (κ2) is 6.92. The average Bonchev–Trinajstić information content (AvgIpc) is 2.38. The zero-order valence-corrected chi connectivity index (χ0v) is 11.6. The first-order chi connectivity index (χ1) is 8.93. The van der Waals surface area contributed by atoms with Crippen molar-refractivity contribution in [3.05, 3.63) is 35.4 Å². The summed E-state index contributed by atoms with van der Waals surface area (Å²) >= 11 is 0. The summed E-state index contributed by atoms with van der Waals surface area (Å²) < 4.78 is 5.14. The lowest BCUT2D eigenvalue weighted by Gasteiger charge is -2.15. The molecule has 1 N–H and O–H groups in total. The molecular formula is C15H20O4. The van der Waals surface area contributed by atoms with Crippen LogP contribution in [0.15, 0.2) is 24.3 Å². The molecule has 0 amide bonds. The van der Waals surface area contributed by atoms with Crippen LogP contribution in [0.3, 0.4) is 0 Å². The van der Waals surface area contributed by atoms with Gasteiger partial charge in [-0.15, -0.1) is 0 Å². The molecule has 0 aliphatic carbocycles. The fourth-order valence-corrected chi connectivity index (χ4v) is 1.60. The maximum atomic E-state index is 11.8. The number of hydrogen-bond donors (Lipinski definition) is 1. The standard InChI is InChI=1S/C15H20O4/c1-10(2)11(3)8-9-19-15(18)13-7-5-4-6-12(13)14(16)17/h4-7,10-11H,8-9H2,1-3H3,(H,16,17). The van der Waals surface area contributed by atoms with Gasteiger partial charge in [-0.05, 0) is 30.4 Å². The van der Waals surface area contributed by atoms with Crippen molar-refractivity contribution in [1.82, 2.24) is 0 Å². The van der Waals surface area contributed by atoms with Crippen molar-refractivity contribution in [2.24, 2.45) is 11.8 Å². The molecule has 1 aromatic carbocycles. The third-order valence-corrected chi connectivity index (χ3v) is 3.32. The minimum absolute atomic E-state index is 0.0237. The van der Waals surface area contributed by atoms with E-state index in [0.29, 0.717) is 18.4 Å². The highest BCUT2D eigenvalue weighted by Crippen LogP contribution is 2.15. The van der Waals surface area contributed by atoms with Crippen molar-refractivity contribution >= 4 is 11.9 Å². The van der Waals surface area contributed by atoms with Crippen molar-refractivity contribution in [2.45, 2.75) is 27.2 Å². The summed E-state index contributed by atoms with van der Waals surface area (Å²) in [5.41, 5.74) is 0.0802. The SMILES string of the molecule is CC(C)C(C)CCOC(=O)c1ccccc1C(=O)O. The van der Waals surface area contributed by atoms with Gasteiger partial charge in [0.25, 0.3) is 0 Å². The third kappa shape index (κ3) is 4.39. The smallest absolute Gasteiger partial charge is 0.339 e. The molecule has 0 aliphatic rings. The highest BCUT2D eigenvalue weighted by molar-refractivity contribution is 6.02. The van der Waals surface area contributed by atoms with Crippen LogP contribution in [0.1, 0.15) is 47.9 Å². The van der Waals surface area contributed by atoms with E-state index in [-0.39, 0.29) is 11.1 Å². The summed E-state index contributed by atoms with van der Waals surface area (Å²) in [7, 11) is 0. The Bertz CT molecular complexity index is 451. The van der Waals surface area contributed by atoms with Gasteiger partial charge in [-0.25, -0.2) is 9.59 Å². The minimum Gasteiger partial charge on any atom is -0.478 e. The van der Waals surface area contributed by atoms with Gasteiger partial charge in [-0.1, -0.05) is 32.9 Å². The van der Waals surface area contributed by atoms with Crippen molar-refractivity contribution in [2.75, 3.05) is 6.61 Å². The van der Waals surface area contributed by atoms with Crippen LogP contribution in [-0.4, -0.2) is 23.7 Å². The quantitative estimate of drug-likeness (QED) is 0.801. The molecule has 0 spiro atoms. The lowest BCUT2D eigenvalue weighted by Crippen LogP contribution is -2.14. The van der Waals surface area contributed by atoms with Gasteiger partial charge in [-0.2, -0.15) is 0 Å². The van der Waals surface area contributed by atoms with Crippen LogP contribution in [0.2, 0.25) is 0 Å². The van der Waals surface area contributed by atoms with E-state index in [0.717, 1.165) is 6.42 Å². The zero-order valence-electron chi connectivity index (χ0n) is 11.6. The highest BCUT2D eigenvalue weighted by Gasteiger charge is 2.17. The van der Waals surface area contributed by atoms with Crippen LogP contribution in [0.25, 0.3) is 0 Å². The lowest BCUT2D eigenvalue weighted by molar-refractivity contribution is 0.0467. The molecule has 0 aromatic heterocycles. The van der Waals surface area contributed by atoms with Gasteiger partial charge in [0.1, 0.15) is 0 Å². The van der Waals surface area contributed by atoms with E-state index in [1.165, 1.54) is 12.1 Å². The number of hydrogen-bond acceptors (Lipinski definition) is 3. The summed E-state index contributed by atoms with van der Waals surface area (Å²) in [6, 6.07) is 6.08.